The van der Waals surface area contributed by atoms with Gasteiger partial charge in [0.1, 0.15) is 22.2 Å². The van der Waals surface area contributed by atoms with Gasteiger partial charge in [-0.25, -0.2) is 12.8 Å². The maximum Gasteiger partial charge on any atom is 0.268 e. The Morgan fingerprint density at radius 2 is 1.76 bits per heavy atom. The smallest absolute Gasteiger partial charge is 0.268 e. The molecule has 0 aliphatic carbocycles. The summed E-state index contributed by atoms with van der Waals surface area (Å²) in [4.78, 5) is -0.0488. The zero-order chi connectivity index (χ0) is 17.9. The number of hydrogen-bond donors (Lipinski definition) is 0. The van der Waals surface area contributed by atoms with E-state index in [9.17, 15) is 12.8 Å². The van der Waals surface area contributed by atoms with Crippen molar-refractivity contribution in [2.75, 3.05) is 11.4 Å². The molecule has 0 atom stereocenters. The van der Waals surface area contributed by atoms with Gasteiger partial charge in [0.05, 0.1) is 25.6 Å². The van der Waals surface area contributed by atoms with E-state index in [4.69, 9.17) is 9.15 Å². The lowest BCUT2D eigenvalue weighted by molar-refractivity contribution is 0.402. The van der Waals surface area contributed by atoms with Crippen molar-refractivity contribution >= 4 is 15.7 Å². The third-order valence-corrected chi connectivity index (χ3v) is 5.44. The highest BCUT2D eigenvalue weighted by molar-refractivity contribution is 7.92. The van der Waals surface area contributed by atoms with Crippen LogP contribution in [0.1, 0.15) is 5.76 Å². The Bertz CT molecular complexity index is 955. The number of furan rings is 1. The average molecular weight is 361 g/mol. The molecular formula is C18H16FNO4S. The van der Waals surface area contributed by atoms with Gasteiger partial charge < -0.3 is 9.15 Å². The fourth-order valence-corrected chi connectivity index (χ4v) is 4.05. The molecule has 0 amide bonds. The number of nitrogens with zero attached hydrogens (tertiary/aromatic N) is 1. The third-order valence-electron chi connectivity index (χ3n) is 3.64. The molecule has 1 aromatic heterocycles. The van der Waals surface area contributed by atoms with E-state index in [0.29, 0.717) is 5.76 Å². The molecule has 0 N–H and O–H groups in total. The molecule has 0 bridgehead atoms. The molecule has 1 heterocycles. The van der Waals surface area contributed by atoms with Crippen molar-refractivity contribution in [3.05, 3.63) is 78.5 Å². The van der Waals surface area contributed by atoms with Crippen LogP contribution in [0.4, 0.5) is 10.1 Å². The normalized spacial score (nSPS) is 11.3. The van der Waals surface area contributed by atoms with Crippen LogP contribution < -0.4 is 9.04 Å². The van der Waals surface area contributed by atoms with E-state index in [1.807, 2.05) is 0 Å². The van der Waals surface area contributed by atoms with Gasteiger partial charge in [0.15, 0.2) is 0 Å². The second-order valence-corrected chi connectivity index (χ2v) is 7.02. The zero-order valence-corrected chi connectivity index (χ0v) is 14.2. The molecule has 7 heteroatoms. The first kappa shape index (κ1) is 17.0. The first-order chi connectivity index (χ1) is 12.0. The topological polar surface area (TPSA) is 59.8 Å². The minimum atomic E-state index is -4.09. The molecule has 0 fully saturated rings. The maximum absolute atomic E-state index is 14.3. The number of sulfonamides is 1. The maximum atomic E-state index is 14.3. The fourth-order valence-electron chi connectivity index (χ4n) is 2.45. The van der Waals surface area contributed by atoms with Crippen molar-refractivity contribution in [1.29, 1.82) is 0 Å². The van der Waals surface area contributed by atoms with Crippen molar-refractivity contribution in [3.8, 4) is 5.75 Å². The minimum absolute atomic E-state index is 0.0488. The number of ether oxygens (including phenoxy) is 1. The lowest BCUT2D eigenvalue weighted by Crippen LogP contribution is -2.31. The SMILES string of the molecule is COc1ccccc1S(=O)(=O)N(Cc1ccco1)c1ccccc1F. The molecule has 0 aliphatic rings. The number of anilines is 1. The molecule has 0 aliphatic heterocycles. The third kappa shape index (κ3) is 3.36. The number of para-hydroxylation sites is 2. The van der Waals surface area contributed by atoms with Crippen molar-refractivity contribution in [1.82, 2.24) is 0 Å². The molecule has 3 aromatic rings. The summed E-state index contributed by atoms with van der Waals surface area (Å²) in [5.74, 6) is -0.0717. The van der Waals surface area contributed by atoms with Crippen LogP contribution >= 0.6 is 0 Å². The van der Waals surface area contributed by atoms with E-state index in [1.165, 1.54) is 37.6 Å². The Balaban J connectivity index is 2.15. The van der Waals surface area contributed by atoms with E-state index < -0.39 is 15.8 Å². The highest BCUT2D eigenvalue weighted by Crippen LogP contribution is 2.32. The summed E-state index contributed by atoms with van der Waals surface area (Å²) in [6, 6.07) is 15.2. The lowest BCUT2D eigenvalue weighted by Gasteiger charge is -2.24. The van der Waals surface area contributed by atoms with Gasteiger partial charge in [-0.15, -0.1) is 0 Å². The predicted octanol–water partition coefficient (Wildman–Crippen LogP) is 3.82. The van der Waals surface area contributed by atoms with Crippen LogP contribution in [-0.2, 0) is 16.6 Å². The Morgan fingerprint density at radius 3 is 2.44 bits per heavy atom. The Labute approximate surface area is 145 Å². The number of rotatable bonds is 6. The second-order valence-electron chi connectivity index (χ2n) is 5.19. The quantitative estimate of drug-likeness (QED) is 0.670. The largest absolute Gasteiger partial charge is 0.495 e. The van der Waals surface area contributed by atoms with E-state index in [-0.39, 0.29) is 22.9 Å². The van der Waals surface area contributed by atoms with Gasteiger partial charge in [-0.2, -0.15) is 0 Å². The van der Waals surface area contributed by atoms with E-state index in [0.717, 1.165) is 4.31 Å². The summed E-state index contributed by atoms with van der Waals surface area (Å²) in [6.07, 6.45) is 1.44. The van der Waals surface area contributed by atoms with Crippen LogP contribution in [0.15, 0.2) is 76.2 Å². The molecule has 5 nitrogen and oxygen atoms in total. The lowest BCUT2D eigenvalue weighted by atomic mass is 10.3. The number of hydrogen-bond acceptors (Lipinski definition) is 4. The van der Waals surface area contributed by atoms with Crippen molar-refractivity contribution in [3.63, 3.8) is 0 Å². The van der Waals surface area contributed by atoms with Crippen LogP contribution in [-0.4, -0.2) is 15.5 Å². The highest BCUT2D eigenvalue weighted by atomic mass is 32.2. The predicted molar refractivity (Wildman–Crippen MR) is 91.5 cm³/mol. The molecular weight excluding hydrogens is 345 g/mol. The molecule has 0 unspecified atom stereocenters. The van der Waals surface area contributed by atoms with Crippen molar-refractivity contribution in [2.45, 2.75) is 11.4 Å². The van der Waals surface area contributed by atoms with Gasteiger partial charge in [-0.1, -0.05) is 24.3 Å². The molecule has 0 radical (unpaired) electrons. The van der Waals surface area contributed by atoms with Gasteiger partial charge >= 0.3 is 0 Å². The summed E-state index contributed by atoms with van der Waals surface area (Å²) in [7, 11) is -2.70. The number of methoxy groups -OCH3 is 1. The standard InChI is InChI=1S/C18H16FNO4S/c1-23-17-10-4-5-11-18(17)25(21,22)20(13-14-7-6-12-24-14)16-9-3-2-8-15(16)19/h2-12H,13H2,1H3. The molecule has 130 valence electrons. The van der Waals surface area contributed by atoms with Gasteiger partial charge in [-0.3, -0.25) is 4.31 Å². The Kier molecular flexibility index (Phi) is 4.76. The monoisotopic (exact) mass is 361 g/mol. The molecule has 2 aromatic carbocycles. The number of halogens is 1. The first-order valence-electron chi connectivity index (χ1n) is 7.46. The molecule has 25 heavy (non-hydrogen) atoms. The summed E-state index contributed by atoms with van der Waals surface area (Å²) >= 11 is 0. The Morgan fingerprint density at radius 1 is 1.04 bits per heavy atom. The Hall–Kier alpha value is -2.80. The summed E-state index contributed by atoms with van der Waals surface area (Å²) in [5, 5.41) is 0. The number of benzene rings is 2. The summed E-state index contributed by atoms with van der Waals surface area (Å²) in [6.45, 7) is -0.145. The van der Waals surface area contributed by atoms with Gasteiger partial charge in [0.2, 0.25) is 0 Å². The van der Waals surface area contributed by atoms with Gasteiger partial charge in [0.25, 0.3) is 10.0 Å². The van der Waals surface area contributed by atoms with Crippen LogP contribution in [0.2, 0.25) is 0 Å². The molecule has 0 saturated heterocycles. The summed E-state index contributed by atoms with van der Waals surface area (Å²) < 4.78 is 52.2. The molecule has 0 spiro atoms. The van der Waals surface area contributed by atoms with Crippen molar-refractivity contribution in [2.24, 2.45) is 0 Å². The van der Waals surface area contributed by atoms with Crippen LogP contribution in [0.25, 0.3) is 0 Å². The van der Waals surface area contributed by atoms with Crippen LogP contribution in [0.3, 0.4) is 0 Å². The second kappa shape index (κ2) is 6.98. The van der Waals surface area contributed by atoms with E-state index in [2.05, 4.69) is 0 Å². The zero-order valence-electron chi connectivity index (χ0n) is 13.4. The minimum Gasteiger partial charge on any atom is -0.495 e. The van der Waals surface area contributed by atoms with Crippen molar-refractivity contribution < 1.29 is 22.0 Å². The van der Waals surface area contributed by atoms with Gasteiger partial charge in [-0.05, 0) is 36.4 Å². The van der Waals surface area contributed by atoms with Crippen LogP contribution in [0, 0.1) is 5.82 Å². The highest BCUT2D eigenvalue weighted by Gasteiger charge is 2.30. The van der Waals surface area contributed by atoms with Crippen LogP contribution in [0.5, 0.6) is 5.75 Å². The average Bonchev–Trinajstić information content (AvgIpc) is 3.13. The molecule has 3 rings (SSSR count). The first-order valence-corrected chi connectivity index (χ1v) is 8.90. The summed E-state index contributed by atoms with van der Waals surface area (Å²) in [5.41, 5.74) is -0.0650. The van der Waals surface area contributed by atoms with Gasteiger partial charge in [0, 0.05) is 0 Å². The fraction of sp³-hybridized carbons (Fsp3) is 0.111. The molecule has 0 saturated carbocycles. The van der Waals surface area contributed by atoms with E-state index >= 15 is 0 Å². The van der Waals surface area contributed by atoms with E-state index in [1.54, 1.807) is 36.4 Å².